The Morgan fingerprint density at radius 3 is 2.06 bits per heavy atom. The number of rotatable bonds is 11. The van der Waals surface area contributed by atoms with E-state index in [1.165, 1.54) is 51.4 Å². The molecule has 0 aromatic carbocycles. The second kappa shape index (κ2) is 12.1. The highest BCUT2D eigenvalue weighted by Gasteiger charge is 2.05. The van der Waals surface area contributed by atoms with E-state index in [0.29, 0.717) is 0 Å². The quantitative estimate of drug-likeness (QED) is 0.423. The Hall–Kier alpha value is -0.330. The lowest BCUT2D eigenvalue weighted by molar-refractivity contribution is 0.461. The van der Waals surface area contributed by atoms with Crippen LogP contribution in [-0.2, 0) is 0 Å². The second-order valence-corrected chi connectivity index (χ2v) is 5.24. The molecule has 0 radical (unpaired) electrons. The molecule has 17 heavy (non-hydrogen) atoms. The van der Waals surface area contributed by atoms with Crippen molar-refractivity contribution in [1.29, 1.82) is 0 Å². The molecule has 0 bridgehead atoms. The average Bonchev–Trinajstić information content (AvgIpc) is 2.37. The highest BCUT2D eigenvalue weighted by atomic mass is 14.7. The van der Waals surface area contributed by atoms with Gasteiger partial charge in [-0.15, -0.1) is 0 Å². The van der Waals surface area contributed by atoms with E-state index >= 15 is 0 Å². The van der Waals surface area contributed by atoms with Gasteiger partial charge >= 0.3 is 0 Å². The van der Waals surface area contributed by atoms with Gasteiger partial charge in [-0.2, -0.15) is 0 Å². The van der Waals surface area contributed by atoms with Gasteiger partial charge in [-0.05, 0) is 31.1 Å². The lowest BCUT2D eigenvalue weighted by Crippen LogP contribution is -2.06. The number of nitrogens with zero attached hydrogens (tertiary/aromatic N) is 1. The molecule has 0 aliphatic heterocycles. The first-order chi connectivity index (χ1) is 8.28. The molecule has 0 fully saturated rings. The molecule has 0 aromatic rings. The molecule has 0 aliphatic rings. The van der Waals surface area contributed by atoms with Crippen LogP contribution in [0.2, 0.25) is 0 Å². The third kappa shape index (κ3) is 9.38. The molecule has 2 unspecified atom stereocenters. The van der Waals surface area contributed by atoms with Gasteiger partial charge in [0.15, 0.2) is 0 Å². The van der Waals surface area contributed by atoms with Gasteiger partial charge in [-0.1, -0.05) is 59.8 Å². The normalized spacial score (nSPS) is 15.3. The minimum atomic E-state index is 0.721. The highest BCUT2D eigenvalue weighted by molar-refractivity contribution is 5.60. The topological polar surface area (TPSA) is 12.4 Å². The zero-order valence-corrected chi connectivity index (χ0v) is 12.5. The molecule has 0 saturated carbocycles. The van der Waals surface area contributed by atoms with Crippen LogP contribution in [0.15, 0.2) is 4.99 Å². The molecule has 0 rings (SSSR count). The molecular formula is C16H33N. The van der Waals surface area contributed by atoms with E-state index in [4.69, 9.17) is 4.99 Å². The van der Waals surface area contributed by atoms with Crippen molar-refractivity contribution >= 4 is 6.21 Å². The van der Waals surface area contributed by atoms with Crippen molar-refractivity contribution in [3.8, 4) is 0 Å². The summed E-state index contributed by atoms with van der Waals surface area (Å²) < 4.78 is 0. The first-order valence-corrected chi connectivity index (χ1v) is 7.78. The SMILES string of the molecule is CCCCC(C=NCC(CC)CCCC)CC. The second-order valence-electron chi connectivity index (χ2n) is 5.24. The van der Waals surface area contributed by atoms with E-state index in [0.717, 1.165) is 18.4 Å². The lowest BCUT2D eigenvalue weighted by Gasteiger charge is -2.12. The van der Waals surface area contributed by atoms with Crippen LogP contribution in [0.4, 0.5) is 0 Å². The van der Waals surface area contributed by atoms with E-state index in [-0.39, 0.29) is 0 Å². The Bertz CT molecular complexity index is 174. The lowest BCUT2D eigenvalue weighted by atomic mass is 9.99. The van der Waals surface area contributed by atoms with Crippen molar-refractivity contribution in [2.45, 2.75) is 79.1 Å². The van der Waals surface area contributed by atoms with E-state index < -0.39 is 0 Å². The zero-order chi connectivity index (χ0) is 12.9. The van der Waals surface area contributed by atoms with Crippen LogP contribution in [0.5, 0.6) is 0 Å². The van der Waals surface area contributed by atoms with Crippen LogP contribution in [-0.4, -0.2) is 12.8 Å². The summed E-state index contributed by atoms with van der Waals surface area (Å²) in [5.41, 5.74) is 0. The van der Waals surface area contributed by atoms with Gasteiger partial charge in [0.2, 0.25) is 0 Å². The molecule has 1 nitrogen and oxygen atoms in total. The average molecular weight is 239 g/mol. The maximum absolute atomic E-state index is 4.69. The van der Waals surface area contributed by atoms with Crippen LogP contribution >= 0.6 is 0 Å². The minimum absolute atomic E-state index is 0.721. The number of hydrogen-bond donors (Lipinski definition) is 0. The first kappa shape index (κ1) is 16.7. The first-order valence-electron chi connectivity index (χ1n) is 7.78. The zero-order valence-electron chi connectivity index (χ0n) is 12.5. The van der Waals surface area contributed by atoms with Crippen molar-refractivity contribution in [2.75, 3.05) is 6.54 Å². The van der Waals surface area contributed by atoms with Gasteiger partial charge < -0.3 is 0 Å². The maximum atomic E-state index is 4.69. The van der Waals surface area contributed by atoms with Crippen LogP contribution in [0, 0.1) is 11.8 Å². The smallest absolute Gasteiger partial charge is 0.0413 e. The summed E-state index contributed by atoms with van der Waals surface area (Å²) in [5.74, 6) is 1.54. The Morgan fingerprint density at radius 1 is 0.882 bits per heavy atom. The third-order valence-corrected chi connectivity index (χ3v) is 3.68. The van der Waals surface area contributed by atoms with Gasteiger partial charge in [0.25, 0.3) is 0 Å². The number of hydrogen-bond acceptors (Lipinski definition) is 1. The Morgan fingerprint density at radius 2 is 1.53 bits per heavy atom. The van der Waals surface area contributed by atoms with Crippen molar-refractivity contribution in [3.05, 3.63) is 0 Å². The van der Waals surface area contributed by atoms with Crippen molar-refractivity contribution in [2.24, 2.45) is 16.8 Å². The predicted molar refractivity (Wildman–Crippen MR) is 80.0 cm³/mol. The summed E-state index contributed by atoms with van der Waals surface area (Å²) in [7, 11) is 0. The molecule has 0 amide bonds. The van der Waals surface area contributed by atoms with Crippen LogP contribution in [0.1, 0.15) is 79.1 Å². The Labute approximate surface area is 109 Å². The van der Waals surface area contributed by atoms with Gasteiger partial charge in [-0.25, -0.2) is 0 Å². The molecule has 0 spiro atoms. The Kier molecular flexibility index (Phi) is 11.9. The molecule has 1 heteroatoms. The third-order valence-electron chi connectivity index (χ3n) is 3.68. The fourth-order valence-corrected chi connectivity index (χ4v) is 2.13. The van der Waals surface area contributed by atoms with E-state index in [2.05, 4.69) is 33.9 Å². The standard InChI is InChI=1S/C16H33N/c1-5-9-11-15(7-3)13-17-14-16(8-4)12-10-6-2/h13,15-16H,5-12,14H2,1-4H3. The summed E-state index contributed by atoms with van der Waals surface area (Å²) in [6.07, 6.45) is 12.8. The molecule has 0 N–H and O–H groups in total. The largest absolute Gasteiger partial charge is 0.297 e. The van der Waals surface area contributed by atoms with E-state index in [9.17, 15) is 0 Å². The van der Waals surface area contributed by atoms with Gasteiger partial charge in [-0.3, -0.25) is 4.99 Å². The van der Waals surface area contributed by atoms with Gasteiger partial charge in [0, 0.05) is 12.8 Å². The number of unbranched alkanes of at least 4 members (excludes halogenated alkanes) is 2. The summed E-state index contributed by atoms with van der Waals surface area (Å²) in [5, 5.41) is 0. The molecular weight excluding hydrogens is 206 g/mol. The van der Waals surface area contributed by atoms with Crippen molar-refractivity contribution in [1.82, 2.24) is 0 Å². The van der Waals surface area contributed by atoms with Gasteiger partial charge in [0.05, 0.1) is 0 Å². The molecule has 0 aliphatic carbocycles. The molecule has 102 valence electrons. The van der Waals surface area contributed by atoms with Crippen LogP contribution < -0.4 is 0 Å². The van der Waals surface area contributed by atoms with E-state index in [1.54, 1.807) is 0 Å². The monoisotopic (exact) mass is 239 g/mol. The fraction of sp³-hybridized carbons (Fsp3) is 0.938. The molecule has 2 atom stereocenters. The summed E-state index contributed by atoms with van der Waals surface area (Å²) in [4.78, 5) is 4.69. The van der Waals surface area contributed by atoms with Gasteiger partial charge in [0.1, 0.15) is 0 Å². The summed E-state index contributed by atoms with van der Waals surface area (Å²) in [6, 6.07) is 0. The highest BCUT2D eigenvalue weighted by Crippen LogP contribution is 2.14. The summed E-state index contributed by atoms with van der Waals surface area (Å²) >= 11 is 0. The fourth-order valence-electron chi connectivity index (χ4n) is 2.13. The maximum Gasteiger partial charge on any atom is 0.0413 e. The predicted octanol–water partition coefficient (Wildman–Crippen LogP) is 5.49. The van der Waals surface area contributed by atoms with E-state index in [1.807, 2.05) is 0 Å². The number of aliphatic imine (C=N–C) groups is 1. The summed E-state index contributed by atoms with van der Waals surface area (Å²) in [6.45, 7) is 10.2. The molecule has 0 aromatic heterocycles. The van der Waals surface area contributed by atoms with Crippen LogP contribution in [0.25, 0.3) is 0 Å². The Balaban J connectivity index is 3.85. The minimum Gasteiger partial charge on any atom is -0.297 e. The molecule has 0 heterocycles. The van der Waals surface area contributed by atoms with Crippen LogP contribution in [0.3, 0.4) is 0 Å². The van der Waals surface area contributed by atoms with Crippen molar-refractivity contribution < 1.29 is 0 Å². The molecule has 0 saturated heterocycles. The van der Waals surface area contributed by atoms with Crippen molar-refractivity contribution in [3.63, 3.8) is 0 Å².